The zero-order valence-electron chi connectivity index (χ0n) is 37.9. The zero-order chi connectivity index (χ0) is 46.0. The molecule has 2 atom stereocenters. The van der Waals surface area contributed by atoms with Crippen molar-refractivity contribution in [3.63, 3.8) is 0 Å². The Morgan fingerprint density at radius 1 is 0.578 bits per heavy atom. The lowest BCUT2D eigenvalue weighted by atomic mass is 10.1. The third-order valence-electron chi connectivity index (χ3n) is 9.50. The van der Waals surface area contributed by atoms with E-state index >= 15 is 0 Å². The molecule has 0 aliphatic heterocycles. The lowest BCUT2D eigenvalue weighted by Crippen LogP contribution is -2.37. The van der Waals surface area contributed by atoms with Crippen LogP contribution in [0.5, 0.6) is 11.5 Å². The Kier molecular flexibility index (Phi) is 22.3. The normalized spacial score (nSPS) is 13.2. The van der Waals surface area contributed by atoms with E-state index in [0.717, 1.165) is 49.9 Å². The van der Waals surface area contributed by atoms with Gasteiger partial charge >= 0.3 is 19.8 Å². The minimum Gasteiger partial charge on any atom is -0.494 e. The first-order valence-electron chi connectivity index (χ1n) is 22.0. The number of likely N-dealkylation sites (N-methyl/N-ethyl adjacent to an activating group) is 1. The predicted molar refractivity (Wildman–Crippen MR) is 246 cm³/mol. The smallest absolute Gasteiger partial charge is 0.472 e. The molecule has 0 saturated heterocycles. The summed E-state index contributed by atoms with van der Waals surface area (Å²) in [7, 11) is 1.24. The molecule has 0 amide bonds. The summed E-state index contributed by atoms with van der Waals surface area (Å²) in [6.07, 6.45) is 6.20. The fraction of sp³-hybridized carbons (Fsp3) is 0.458. The van der Waals surface area contributed by atoms with Crippen molar-refractivity contribution < 1.29 is 51.5 Å². The van der Waals surface area contributed by atoms with E-state index in [0.29, 0.717) is 46.7 Å². The van der Waals surface area contributed by atoms with Gasteiger partial charge in [-0.2, -0.15) is 20.5 Å². The number of benzene rings is 4. The van der Waals surface area contributed by atoms with Gasteiger partial charge in [0, 0.05) is 12.8 Å². The van der Waals surface area contributed by atoms with Crippen LogP contribution in [0.3, 0.4) is 0 Å². The van der Waals surface area contributed by atoms with E-state index < -0.39 is 39.1 Å². The van der Waals surface area contributed by atoms with Crippen LogP contribution in [0.15, 0.2) is 118 Å². The second kappa shape index (κ2) is 27.8. The first kappa shape index (κ1) is 51.3. The van der Waals surface area contributed by atoms with Gasteiger partial charge < -0.3 is 28.3 Å². The van der Waals surface area contributed by atoms with Gasteiger partial charge in [-0.15, -0.1) is 0 Å². The number of esters is 2. The van der Waals surface area contributed by atoms with Crippen LogP contribution in [0.25, 0.3) is 0 Å². The quantitative estimate of drug-likeness (QED) is 0.0174. The molecule has 4 aromatic carbocycles. The summed E-state index contributed by atoms with van der Waals surface area (Å²) in [5.74, 6) is 0.00609. The topological polar surface area (TPSA) is 176 Å². The Labute approximate surface area is 378 Å². The fourth-order valence-corrected chi connectivity index (χ4v) is 6.49. The Bertz CT molecular complexity index is 2070. The summed E-state index contributed by atoms with van der Waals surface area (Å²) >= 11 is 0. The lowest BCUT2D eigenvalue weighted by molar-refractivity contribution is -0.870. The highest BCUT2D eigenvalue weighted by Gasteiger charge is 2.27. The summed E-state index contributed by atoms with van der Waals surface area (Å²) in [6.45, 7) is 4.29. The van der Waals surface area contributed by atoms with Crippen LogP contribution in [0, 0.1) is 0 Å². The second-order valence-corrected chi connectivity index (χ2v) is 17.7. The van der Waals surface area contributed by atoms with Crippen molar-refractivity contribution in [3.8, 4) is 11.5 Å². The molecule has 15 nitrogen and oxygen atoms in total. The first-order valence-corrected chi connectivity index (χ1v) is 23.5. The van der Waals surface area contributed by atoms with Gasteiger partial charge in [-0.05, 0) is 122 Å². The number of aryl methyl sites for hydroxylation is 2. The Morgan fingerprint density at radius 2 is 1.00 bits per heavy atom. The number of phosphoric acid groups is 1. The van der Waals surface area contributed by atoms with Crippen LogP contribution in [0.4, 0.5) is 22.7 Å². The standard InChI is InChI=1S/C48H64N5O10P/c1-6-8-12-38-16-20-40(21-17-38)49-51-42-24-28-44(29-25-42)58-33-10-14-47(54)60-36-46(37-62-64(56,57)61-35-32-53(3,4)5)63-48(55)15-11-34-59-45-30-26-43(27-31-45)52-50-41-22-18-39(19-23-41)13-9-7-2/h16-31,46H,6-15,32-37H2,1-5H3/p+1/t46-/m1/s1. The average Bonchev–Trinajstić information content (AvgIpc) is 3.28. The van der Waals surface area contributed by atoms with Gasteiger partial charge in [0.15, 0.2) is 6.10 Å². The molecule has 1 N–H and O–H groups in total. The van der Waals surface area contributed by atoms with Gasteiger partial charge in [0.1, 0.15) is 31.3 Å². The van der Waals surface area contributed by atoms with Gasteiger partial charge in [0.05, 0.1) is 63.7 Å². The summed E-state index contributed by atoms with van der Waals surface area (Å²) < 4.78 is 45.8. The molecule has 0 saturated carbocycles. The molecule has 4 rings (SSSR count). The zero-order valence-corrected chi connectivity index (χ0v) is 38.8. The van der Waals surface area contributed by atoms with Crippen molar-refractivity contribution in [1.82, 2.24) is 0 Å². The van der Waals surface area contributed by atoms with Crippen molar-refractivity contribution >= 4 is 42.5 Å². The second-order valence-electron chi connectivity index (χ2n) is 16.2. The van der Waals surface area contributed by atoms with Gasteiger partial charge in [-0.3, -0.25) is 18.6 Å². The molecule has 0 heterocycles. The van der Waals surface area contributed by atoms with Crippen molar-refractivity contribution in [2.45, 2.75) is 84.2 Å². The van der Waals surface area contributed by atoms with Crippen LogP contribution in [0.1, 0.15) is 76.3 Å². The van der Waals surface area contributed by atoms with Crippen LogP contribution in [0.2, 0.25) is 0 Å². The third-order valence-corrected chi connectivity index (χ3v) is 10.5. The molecular formula is C48H65N5O10P+. The molecule has 1 unspecified atom stereocenters. The summed E-state index contributed by atoms with van der Waals surface area (Å²) in [5, 5.41) is 17.2. The largest absolute Gasteiger partial charge is 0.494 e. The minimum absolute atomic E-state index is 0.0197. The maximum Gasteiger partial charge on any atom is 0.472 e. The fourth-order valence-electron chi connectivity index (χ4n) is 5.75. The molecule has 0 spiro atoms. The predicted octanol–water partition coefficient (Wildman–Crippen LogP) is 11.5. The molecule has 346 valence electrons. The van der Waals surface area contributed by atoms with Crippen LogP contribution in [-0.4, -0.2) is 88.1 Å². The summed E-state index contributed by atoms with van der Waals surface area (Å²) in [6, 6.07) is 30.4. The number of nitrogens with zero attached hydrogens (tertiary/aromatic N) is 5. The van der Waals surface area contributed by atoms with E-state index in [1.165, 1.54) is 11.1 Å². The minimum atomic E-state index is -4.49. The Balaban J connectivity index is 1.18. The molecule has 0 aromatic heterocycles. The van der Waals surface area contributed by atoms with Crippen molar-refractivity contribution in [2.75, 3.05) is 60.7 Å². The van der Waals surface area contributed by atoms with Gasteiger partial charge in [0.2, 0.25) is 0 Å². The van der Waals surface area contributed by atoms with E-state index in [2.05, 4.69) is 58.6 Å². The van der Waals surface area contributed by atoms with Crippen LogP contribution < -0.4 is 9.47 Å². The van der Waals surface area contributed by atoms with E-state index in [1.54, 1.807) is 48.5 Å². The Hall–Kier alpha value is -5.31. The number of unbranched alkanes of at least 4 members (excludes halogenated alkanes) is 2. The summed E-state index contributed by atoms with van der Waals surface area (Å²) in [4.78, 5) is 35.7. The lowest BCUT2D eigenvalue weighted by Gasteiger charge is -2.24. The van der Waals surface area contributed by atoms with Gasteiger partial charge in [-0.25, -0.2) is 4.57 Å². The number of azo groups is 2. The first-order chi connectivity index (χ1) is 30.8. The molecule has 0 radical (unpaired) electrons. The number of rotatable bonds is 30. The highest BCUT2D eigenvalue weighted by atomic mass is 31.2. The van der Waals surface area contributed by atoms with E-state index in [-0.39, 0.29) is 32.7 Å². The maximum atomic E-state index is 12.8. The maximum absolute atomic E-state index is 12.8. The van der Waals surface area contributed by atoms with Crippen molar-refractivity contribution in [2.24, 2.45) is 20.5 Å². The number of quaternary nitrogens is 1. The average molecular weight is 903 g/mol. The molecule has 64 heavy (non-hydrogen) atoms. The Morgan fingerprint density at radius 3 is 1.42 bits per heavy atom. The van der Waals surface area contributed by atoms with E-state index in [1.807, 2.05) is 45.4 Å². The number of carbonyl (C=O) groups is 2. The highest BCUT2D eigenvalue weighted by Crippen LogP contribution is 2.43. The molecule has 0 fully saturated rings. The molecule has 4 aromatic rings. The van der Waals surface area contributed by atoms with Crippen molar-refractivity contribution in [3.05, 3.63) is 108 Å². The van der Waals surface area contributed by atoms with Gasteiger partial charge in [-0.1, -0.05) is 51.0 Å². The molecule has 0 aliphatic carbocycles. The van der Waals surface area contributed by atoms with E-state index in [9.17, 15) is 19.0 Å². The summed E-state index contributed by atoms with van der Waals surface area (Å²) in [5.41, 5.74) is 5.45. The number of hydrogen-bond donors (Lipinski definition) is 1. The highest BCUT2D eigenvalue weighted by molar-refractivity contribution is 7.47. The molecular weight excluding hydrogens is 838 g/mol. The number of ether oxygens (including phenoxy) is 4. The van der Waals surface area contributed by atoms with Gasteiger partial charge in [0.25, 0.3) is 0 Å². The molecule has 16 heteroatoms. The van der Waals surface area contributed by atoms with Crippen molar-refractivity contribution in [1.29, 1.82) is 0 Å². The number of carbonyl (C=O) groups excluding carboxylic acids is 2. The number of hydrogen-bond acceptors (Lipinski definition) is 13. The molecule has 0 aliphatic rings. The monoisotopic (exact) mass is 902 g/mol. The SMILES string of the molecule is CCCCc1ccc(N=Nc2ccc(OCCCC(=O)OC[C@H](COP(=O)(O)OCC[N+](C)(C)C)OC(=O)CCCOc3ccc(N=Nc4ccc(CCCC)cc4)cc3)cc2)cc1. The van der Waals surface area contributed by atoms with Crippen LogP contribution >= 0.6 is 7.82 Å². The number of phosphoric ester groups is 1. The molecule has 0 bridgehead atoms. The third kappa shape index (κ3) is 21.9. The van der Waals surface area contributed by atoms with Crippen LogP contribution in [-0.2, 0) is 45.5 Å². The van der Waals surface area contributed by atoms with E-state index in [4.69, 9.17) is 28.0 Å².